The SMILES string of the molecule is CC1CN(CC(=O)Cc2ccccc2)CCC1=O. The van der Waals surface area contributed by atoms with Gasteiger partial charge >= 0.3 is 0 Å². The normalized spacial score (nSPS) is 20.9. The lowest BCUT2D eigenvalue weighted by atomic mass is 9.98. The van der Waals surface area contributed by atoms with Crippen LogP contribution in [0.5, 0.6) is 0 Å². The number of rotatable bonds is 4. The molecule has 3 nitrogen and oxygen atoms in total. The van der Waals surface area contributed by atoms with Gasteiger partial charge in [0.2, 0.25) is 0 Å². The topological polar surface area (TPSA) is 37.4 Å². The largest absolute Gasteiger partial charge is 0.299 e. The molecule has 96 valence electrons. The number of hydrogen-bond donors (Lipinski definition) is 0. The van der Waals surface area contributed by atoms with E-state index >= 15 is 0 Å². The van der Waals surface area contributed by atoms with Crippen molar-refractivity contribution in [3.63, 3.8) is 0 Å². The molecule has 0 bridgehead atoms. The number of likely N-dealkylation sites (tertiary alicyclic amines) is 1. The van der Waals surface area contributed by atoms with Crippen molar-refractivity contribution in [2.45, 2.75) is 19.8 Å². The van der Waals surface area contributed by atoms with E-state index in [-0.39, 0.29) is 11.7 Å². The minimum absolute atomic E-state index is 0.0725. The predicted molar refractivity (Wildman–Crippen MR) is 70.4 cm³/mol. The summed E-state index contributed by atoms with van der Waals surface area (Å²) in [6.45, 7) is 3.85. The van der Waals surface area contributed by atoms with Crippen molar-refractivity contribution in [3.05, 3.63) is 35.9 Å². The molecule has 0 amide bonds. The summed E-state index contributed by atoms with van der Waals surface area (Å²) in [7, 11) is 0. The molecule has 1 unspecified atom stereocenters. The van der Waals surface area contributed by atoms with Crippen LogP contribution in [-0.4, -0.2) is 36.1 Å². The van der Waals surface area contributed by atoms with Crippen molar-refractivity contribution in [2.24, 2.45) is 5.92 Å². The molecule has 0 aromatic heterocycles. The van der Waals surface area contributed by atoms with Crippen LogP contribution in [0.1, 0.15) is 18.9 Å². The van der Waals surface area contributed by atoms with Gasteiger partial charge < -0.3 is 0 Å². The first-order valence-electron chi connectivity index (χ1n) is 6.46. The van der Waals surface area contributed by atoms with E-state index < -0.39 is 0 Å². The van der Waals surface area contributed by atoms with Gasteiger partial charge in [0.15, 0.2) is 5.78 Å². The molecular weight excluding hydrogens is 226 g/mol. The van der Waals surface area contributed by atoms with Crippen molar-refractivity contribution in [3.8, 4) is 0 Å². The van der Waals surface area contributed by atoms with Crippen molar-refractivity contribution in [1.82, 2.24) is 4.90 Å². The first-order chi connectivity index (χ1) is 8.65. The Morgan fingerprint density at radius 1 is 1.33 bits per heavy atom. The molecule has 2 rings (SSSR count). The second-order valence-electron chi connectivity index (χ2n) is 5.05. The van der Waals surface area contributed by atoms with Gasteiger partial charge in [-0.3, -0.25) is 14.5 Å². The number of piperidine rings is 1. The standard InChI is InChI=1S/C15H19NO2/c1-12-10-16(8-7-15(12)18)11-14(17)9-13-5-3-2-4-6-13/h2-6,12H,7-11H2,1H3. The van der Waals surface area contributed by atoms with Gasteiger partial charge in [0.05, 0.1) is 6.54 Å². The lowest BCUT2D eigenvalue weighted by Gasteiger charge is -2.29. The van der Waals surface area contributed by atoms with Crippen LogP contribution in [0.25, 0.3) is 0 Å². The van der Waals surface area contributed by atoms with Crippen LogP contribution in [-0.2, 0) is 16.0 Å². The number of ketones is 2. The molecule has 1 fully saturated rings. The molecule has 1 aromatic rings. The minimum atomic E-state index is 0.0725. The van der Waals surface area contributed by atoms with Gasteiger partial charge in [0.25, 0.3) is 0 Å². The molecule has 1 heterocycles. The number of carbonyl (C=O) groups is 2. The van der Waals surface area contributed by atoms with Crippen LogP contribution in [0.4, 0.5) is 0 Å². The Labute approximate surface area is 108 Å². The van der Waals surface area contributed by atoms with E-state index in [0.29, 0.717) is 25.2 Å². The van der Waals surface area contributed by atoms with Crippen molar-refractivity contribution in [2.75, 3.05) is 19.6 Å². The third-order valence-electron chi connectivity index (χ3n) is 3.40. The van der Waals surface area contributed by atoms with Crippen molar-refractivity contribution >= 4 is 11.6 Å². The van der Waals surface area contributed by atoms with Crippen molar-refractivity contribution in [1.29, 1.82) is 0 Å². The van der Waals surface area contributed by atoms with Crippen LogP contribution in [0.3, 0.4) is 0 Å². The molecule has 1 aliphatic heterocycles. The summed E-state index contributed by atoms with van der Waals surface area (Å²) in [5, 5.41) is 0. The molecule has 0 N–H and O–H groups in total. The number of carbonyl (C=O) groups excluding carboxylic acids is 2. The van der Waals surface area contributed by atoms with Gasteiger partial charge in [-0.05, 0) is 5.56 Å². The third-order valence-corrected chi connectivity index (χ3v) is 3.40. The van der Waals surface area contributed by atoms with Gasteiger partial charge in [-0.1, -0.05) is 37.3 Å². The molecule has 1 atom stereocenters. The second kappa shape index (κ2) is 5.91. The maximum absolute atomic E-state index is 11.9. The van der Waals surface area contributed by atoms with Gasteiger partial charge in [0, 0.05) is 31.8 Å². The molecule has 1 aromatic carbocycles. The average molecular weight is 245 g/mol. The van der Waals surface area contributed by atoms with E-state index in [1.54, 1.807) is 0 Å². The number of benzene rings is 1. The summed E-state index contributed by atoms with van der Waals surface area (Å²) in [5.74, 6) is 0.618. The van der Waals surface area contributed by atoms with Gasteiger partial charge in [-0.15, -0.1) is 0 Å². The first kappa shape index (κ1) is 13.0. The number of hydrogen-bond acceptors (Lipinski definition) is 3. The highest BCUT2D eigenvalue weighted by Gasteiger charge is 2.24. The summed E-state index contributed by atoms with van der Waals surface area (Å²) in [5.41, 5.74) is 1.06. The molecule has 1 aliphatic rings. The lowest BCUT2D eigenvalue weighted by molar-refractivity contribution is -0.128. The average Bonchev–Trinajstić information content (AvgIpc) is 2.35. The third kappa shape index (κ3) is 3.50. The summed E-state index contributed by atoms with van der Waals surface area (Å²) in [6.07, 6.45) is 1.07. The number of nitrogens with zero attached hydrogens (tertiary/aromatic N) is 1. The van der Waals surface area contributed by atoms with Crippen molar-refractivity contribution < 1.29 is 9.59 Å². The van der Waals surface area contributed by atoms with Gasteiger partial charge in [0.1, 0.15) is 5.78 Å². The molecule has 18 heavy (non-hydrogen) atoms. The monoisotopic (exact) mass is 245 g/mol. The Balaban J connectivity index is 1.83. The highest BCUT2D eigenvalue weighted by Crippen LogP contribution is 2.12. The second-order valence-corrected chi connectivity index (χ2v) is 5.05. The van der Waals surface area contributed by atoms with E-state index in [9.17, 15) is 9.59 Å². The Kier molecular flexibility index (Phi) is 4.26. The van der Waals surface area contributed by atoms with Crippen LogP contribution < -0.4 is 0 Å². The fourth-order valence-corrected chi connectivity index (χ4v) is 2.37. The highest BCUT2D eigenvalue weighted by atomic mass is 16.1. The zero-order chi connectivity index (χ0) is 13.0. The summed E-state index contributed by atoms with van der Waals surface area (Å²) < 4.78 is 0. The van der Waals surface area contributed by atoms with Crippen LogP contribution in [0, 0.1) is 5.92 Å². The highest BCUT2D eigenvalue weighted by molar-refractivity contribution is 5.84. The summed E-state index contributed by atoms with van der Waals surface area (Å²) in [4.78, 5) is 25.4. The molecule has 0 aliphatic carbocycles. The molecule has 0 saturated carbocycles. The van der Waals surface area contributed by atoms with Crippen LogP contribution in [0.15, 0.2) is 30.3 Å². The summed E-state index contributed by atoms with van der Waals surface area (Å²) >= 11 is 0. The van der Waals surface area contributed by atoms with Gasteiger partial charge in [-0.25, -0.2) is 0 Å². The lowest BCUT2D eigenvalue weighted by Crippen LogP contribution is -2.42. The Morgan fingerprint density at radius 3 is 2.72 bits per heavy atom. The number of Topliss-reactive ketones (excluding diaryl/α,β-unsaturated/α-hetero) is 2. The molecule has 1 saturated heterocycles. The molecule has 3 heteroatoms. The molecule has 0 radical (unpaired) electrons. The van der Waals surface area contributed by atoms with Crippen LogP contribution in [0.2, 0.25) is 0 Å². The zero-order valence-electron chi connectivity index (χ0n) is 10.8. The zero-order valence-corrected chi connectivity index (χ0v) is 10.8. The Bertz CT molecular complexity index is 427. The Hall–Kier alpha value is -1.48. The van der Waals surface area contributed by atoms with E-state index in [0.717, 1.165) is 18.7 Å². The first-order valence-corrected chi connectivity index (χ1v) is 6.46. The fraction of sp³-hybridized carbons (Fsp3) is 0.467. The smallest absolute Gasteiger partial charge is 0.151 e. The minimum Gasteiger partial charge on any atom is -0.299 e. The summed E-state index contributed by atoms with van der Waals surface area (Å²) in [6, 6.07) is 9.79. The Morgan fingerprint density at radius 2 is 2.06 bits per heavy atom. The van der Waals surface area contributed by atoms with E-state index in [4.69, 9.17) is 0 Å². The predicted octanol–water partition coefficient (Wildman–Crippen LogP) is 1.71. The van der Waals surface area contributed by atoms with Crippen LogP contribution >= 0.6 is 0 Å². The molecular formula is C15H19NO2. The van der Waals surface area contributed by atoms with E-state index in [2.05, 4.69) is 4.90 Å². The fourth-order valence-electron chi connectivity index (χ4n) is 2.37. The maximum atomic E-state index is 11.9. The molecule has 0 spiro atoms. The van der Waals surface area contributed by atoms with E-state index in [1.807, 2.05) is 37.3 Å². The quantitative estimate of drug-likeness (QED) is 0.810. The van der Waals surface area contributed by atoms with E-state index in [1.165, 1.54) is 0 Å². The van der Waals surface area contributed by atoms with Gasteiger partial charge in [-0.2, -0.15) is 0 Å². The maximum Gasteiger partial charge on any atom is 0.151 e.